The van der Waals surface area contributed by atoms with Gasteiger partial charge in [0.25, 0.3) is 0 Å². The molecule has 5 nitrogen and oxygen atoms in total. The van der Waals surface area contributed by atoms with Crippen LogP contribution in [0, 0.1) is 45.3 Å². The Balaban J connectivity index is 1.67. The van der Waals surface area contributed by atoms with E-state index < -0.39 is 0 Å². The lowest BCUT2D eigenvalue weighted by molar-refractivity contribution is 1.29. The fourth-order valence-electron chi connectivity index (χ4n) is 4.41. The molecule has 0 aromatic heterocycles. The normalized spacial score (nSPS) is 10.1. The maximum Gasteiger partial charge on any atom is 0.0998 e. The minimum absolute atomic E-state index is 0.432. The van der Waals surface area contributed by atoms with Crippen molar-refractivity contribution >= 4 is 27.8 Å². The molecule has 0 N–H and O–H groups in total. The van der Waals surface area contributed by atoms with Crippen LogP contribution < -0.4 is 4.90 Å². The van der Waals surface area contributed by atoms with Crippen molar-refractivity contribution in [3.05, 3.63) is 125 Å². The Bertz CT molecular complexity index is 1770. The van der Waals surface area contributed by atoms with Crippen LogP contribution in [0.1, 0.15) is 22.3 Å². The standard InChI is InChI=1S/C32H17N5/c33-18-22-5-10-28(11-6-22)37(32-14-9-26(21-36)30-3-1-2-4-31(30)32)29-12-7-25(8-13-29)27-16-23(19-34)15-24(17-27)20-35/h1-17H. The Hall–Kier alpha value is -5.88. The van der Waals surface area contributed by atoms with Crippen molar-refractivity contribution in [3.8, 4) is 35.4 Å². The van der Waals surface area contributed by atoms with E-state index >= 15 is 0 Å². The second kappa shape index (κ2) is 9.77. The molecule has 170 valence electrons. The van der Waals surface area contributed by atoms with Crippen LogP contribution in [0.25, 0.3) is 21.9 Å². The largest absolute Gasteiger partial charge is 0.310 e. The van der Waals surface area contributed by atoms with Gasteiger partial charge in [-0.2, -0.15) is 21.0 Å². The molecule has 0 unspecified atom stereocenters. The lowest BCUT2D eigenvalue weighted by Gasteiger charge is -2.27. The first-order chi connectivity index (χ1) is 18.1. The van der Waals surface area contributed by atoms with Gasteiger partial charge in [-0.1, -0.05) is 36.4 Å². The van der Waals surface area contributed by atoms with Gasteiger partial charge in [-0.3, -0.25) is 0 Å². The molecule has 0 saturated heterocycles. The van der Waals surface area contributed by atoms with Crippen LogP contribution in [0.2, 0.25) is 0 Å². The van der Waals surface area contributed by atoms with Crippen molar-refractivity contribution < 1.29 is 0 Å². The smallest absolute Gasteiger partial charge is 0.0998 e. The third kappa shape index (κ3) is 4.34. The van der Waals surface area contributed by atoms with Crippen LogP contribution in [0.4, 0.5) is 17.1 Å². The predicted octanol–water partition coefficient (Wildman–Crippen LogP) is 7.46. The lowest BCUT2D eigenvalue weighted by atomic mass is 9.99. The maximum absolute atomic E-state index is 9.64. The summed E-state index contributed by atoms with van der Waals surface area (Å²) in [5.74, 6) is 0. The van der Waals surface area contributed by atoms with Gasteiger partial charge in [0.15, 0.2) is 0 Å². The zero-order chi connectivity index (χ0) is 25.8. The molecular weight excluding hydrogens is 454 g/mol. The maximum atomic E-state index is 9.64. The first kappa shape index (κ1) is 22.9. The quantitative estimate of drug-likeness (QED) is 0.271. The molecule has 0 aliphatic rings. The molecule has 5 rings (SSSR count). The molecule has 0 bridgehead atoms. The summed E-state index contributed by atoms with van der Waals surface area (Å²) in [5, 5.41) is 39.4. The van der Waals surface area contributed by atoms with E-state index in [1.807, 2.05) is 72.8 Å². The van der Waals surface area contributed by atoms with Gasteiger partial charge < -0.3 is 4.90 Å². The second-order valence-corrected chi connectivity index (χ2v) is 8.35. The zero-order valence-corrected chi connectivity index (χ0v) is 19.6. The van der Waals surface area contributed by atoms with Crippen LogP contribution in [-0.2, 0) is 0 Å². The number of anilines is 3. The average Bonchev–Trinajstić information content (AvgIpc) is 2.97. The van der Waals surface area contributed by atoms with Crippen molar-refractivity contribution in [2.24, 2.45) is 0 Å². The molecule has 0 saturated carbocycles. The molecule has 37 heavy (non-hydrogen) atoms. The molecular formula is C32H17N5. The van der Waals surface area contributed by atoms with E-state index in [-0.39, 0.29) is 0 Å². The Morgan fingerprint density at radius 2 is 1.03 bits per heavy atom. The molecule has 0 aliphatic heterocycles. The summed E-state index contributed by atoms with van der Waals surface area (Å²) in [6.45, 7) is 0. The number of fused-ring (bicyclic) bond motifs is 1. The minimum atomic E-state index is 0.432. The summed E-state index contributed by atoms with van der Waals surface area (Å²) in [6.07, 6.45) is 0. The van der Waals surface area contributed by atoms with Gasteiger partial charge in [0.2, 0.25) is 0 Å². The van der Waals surface area contributed by atoms with E-state index in [4.69, 9.17) is 0 Å². The number of benzene rings is 5. The van der Waals surface area contributed by atoms with E-state index in [0.29, 0.717) is 22.3 Å². The molecule has 0 radical (unpaired) electrons. The Kier molecular flexibility index (Phi) is 6.05. The Morgan fingerprint density at radius 3 is 1.59 bits per heavy atom. The van der Waals surface area contributed by atoms with Gasteiger partial charge in [-0.15, -0.1) is 0 Å². The fourth-order valence-corrected chi connectivity index (χ4v) is 4.41. The van der Waals surface area contributed by atoms with E-state index in [0.717, 1.165) is 39.0 Å². The van der Waals surface area contributed by atoms with E-state index in [9.17, 15) is 21.0 Å². The predicted molar refractivity (Wildman–Crippen MR) is 143 cm³/mol. The molecule has 0 fully saturated rings. The molecule has 5 aromatic carbocycles. The van der Waals surface area contributed by atoms with Gasteiger partial charge in [-0.05, 0) is 77.9 Å². The molecule has 0 amide bonds. The molecule has 0 spiro atoms. The SMILES string of the molecule is N#Cc1ccc(N(c2ccc(-c3cc(C#N)cc(C#N)c3)cc2)c2ccc(C#N)c3ccccc23)cc1. The van der Waals surface area contributed by atoms with Crippen LogP contribution >= 0.6 is 0 Å². The van der Waals surface area contributed by atoms with Gasteiger partial charge >= 0.3 is 0 Å². The summed E-state index contributed by atoms with van der Waals surface area (Å²) in [5.41, 5.74) is 6.32. The number of hydrogen-bond acceptors (Lipinski definition) is 5. The van der Waals surface area contributed by atoms with Gasteiger partial charge in [-0.25, -0.2) is 0 Å². The van der Waals surface area contributed by atoms with Gasteiger partial charge in [0.05, 0.1) is 52.2 Å². The number of rotatable bonds is 4. The highest BCUT2D eigenvalue weighted by Gasteiger charge is 2.17. The van der Waals surface area contributed by atoms with E-state index in [1.54, 1.807) is 30.3 Å². The third-order valence-electron chi connectivity index (χ3n) is 6.17. The topological polar surface area (TPSA) is 98.4 Å². The zero-order valence-electron chi connectivity index (χ0n) is 19.6. The van der Waals surface area contributed by atoms with Crippen molar-refractivity contribution in [2.45, 2.75) is 0 Å². The van der Waals surface area contributed by atoms with Gasteiger partial charge in [0.1, 0.15) is 0 Å². The van der Waals surface area contributed by atoms with Crippen molar-refractivity contribution in [1.29, 1.82) is 21.0 Å². The van der Waals surface area contributed by atoms with Crippen LogP contribution in [0.5, 0.6) is 0 Å². The third-order valence-corrected chi connectivity index (χ3v) is 6.17. The summed E-state index contributed by atoms with van der Waals surface area (Å²) < 4.78 is 0. The highest BCUT2D eigenvalue weighted by Crippen LogP contribution is 2.40. The van der Waals surface area contributed by atoms with Crippen LogP contribution in [0.3, 0.4) is 0 Å². The minimum Gasteiger partial charge on any atom is -0.310 e. The number of hydrogen-bond donors (Lipinski definition) is 0. The second-order valence-electron chi connectivity index (χ2n) is 8.35. The number of nitriles is 4. The first-order valence-corrected chi connectivity index (χ1v) is 11.4. The summed E-state index contributed by atoms with van der Waals surface area (Å²) >= 11 is 0. The van der Waals surface area contributed by atoms with Crippen molar-refractivity contribution in [3.63, 3.8) is 0 Å². The first-order valence-electron chi connectivity index (χ1n) is 11.4. The van der Waals surface area contributed by atoms with Crippen molar-refractivity contribution in [2.75, 3.05) is 4.90 Å². The molecule has 0 aliphatic carbocycles. The average molecular weight is 472 g/mol. The summed E-state index contributed by atoms with van der Waals surface area (Å²) in [6, 6.07) is 40.5. The fraction of sp³-hybridized carbons (Fsp3) is 0. The molecule has 5 aromatic rings. The lowest BCUT2D eigenvalue weighted by Crippen LogP contribution is -2.10. The van der Waals surface area contributed by atoms with E-state index in [2.05, 4.69) is 29.2 Å². The highest BCUT2D eigenvalue weighted by molar-refractivity contribution is 6.01. The molecule has 0 atom stereocenters. The van der Waals surface area contributed by atoms with Crippen molar-refractivity contribution in [1.82, 2.24) is 0 Å². The molecule has 5 heteroatoms. The monoisotopic (exact) mass is 471 g/mol. The summed E-state index contributed by atoms with van der Waals surface area (Å²) in [4.78, 5) is 2.08. The Morgan fingerprint density at radius 1 is 0.459 bits per heavy atom. The number of nitrogens with zero attached hydrogens (tertiary/aromatic N) is 5. The van der Waals surface area contributed by atoms with Crippen LogP contribution in [-0.4, -0.2) is 0 Å². The van der Waals surface area contributed by atoms with E-state index in [1.165, 1.54) is 0 Å². The highest BCUT2D eigenvalue weighted by atomic mass is 15.1. The van der Waals surface area contributed by atoms with Gasteiger partial charge in [0, 0.05) is 22.1 Å². The van der Waals surface area contributed by atoms with Crippen LogP contribution in [0.15, 0.2) is 103 Å². The summed E-state index contributed by atoms with van der Waals surface area (Å²) in [7, 11) is 0. The molecule has 0 heterocycles. The Labute approximate surface area is 214 Å².